The Hall–Kier alpha value is -1.86. The Morgan fingerprint density at radius 1 is 1.42 bits per heavy atom. The van der Waals surface area contributed by atoms with Crippen LogP contribution in [0.2, 0.25) is 0 Å². The lowest BCUT2D eigenvalue weighted by atomic mass is 10.2. The molecule has 0 bridgehead atoms. The zero-order valence-corrected chi connectivity index (χ0v) is 11.5. The van der Waals surface area contributed by atoms with E-state index in [0.29, 0.717) is 17.9 Å². The van der Waals surface area contributed by atoms with Gasteiger partial charge in [0.15, 0.2) is 0 Å². The number of anilines is 1. The number of unbranched alkanes of at least 4 members (excludes halogenated alkanes) is 2. The smallest absolute Gasteiger partial charge is 0.253 e. The van der Waals surface area contributed by atoms with Crippen molar-refractivity contribution in [1.29, 1.82) is 5.26 Å². The predicted molar refractivity (Wildman–Crippen MR) is 74.7 cm³/mol. The minimum absolute atomic E-state index is 0.223. The van der Waals surface area contributed by atoms with Crippen LogP contribution in [0.4, 0.5) is 5.69 Å². The Morgan fingerprint density at radius 3 is 2.84 bits per heavy atom. The monoisotopic (exact) mass is 260 g/mol. The Labute approximate surface area is 114 Å². The van der Waals surface area contributed by atoms with Crippen molar-refractivity contribution < 1.29 is 9.53 Å². The maximum Gasteiger partial charge on any atom is 0.253 e. The Kier molecular flexibility index (Phi) is 6.62. The van der Waals surface area contributed by atoms with Gasteiger partial charge in [-0.3, -0.25) is 4.79 Å². The number of hydrogen-bond donors (Lipinski definition) is 1. The van der Waals surface area contributed by atoms with Gasteiger partial charge in [0, 0.05) is 6.61 Å². The first-order valence-electron chi connectivity index (χ1n) is 6.60. The van der Waals surface area contributed by atoms with Gasteiger partial charge < -0.3 is 10.1 Å². The van der Waals surface area contributed by atoms with E-state index in [2.05, 4.69) is 12.2 Å². The van der Waals surface area contributed by atoms with Crippen molar-refractivity contribution in [3.63, 3.8) is 0 Å². The van der Waals surface area contributed by atoms with E-state index in [-0.39, 0.29) is 5.91 Å². The number of nitriles is 1. The van der Waals surface area contributed by atoms with Gasteiger partial charge in [0.25, 0.3) is 5.91 Å². The molecule has 1 aromatic carbocycles. The minimum Gasteiger partial charge on any atom is -0.369 e. The molecule has 1 N–H and O–H groups in total. The molecule has 102 valence electrons. The summed E-state index contributed by atoms with van der Waals surface area (Å²) >= 11 is 0. The summed E-state index contributed by atoms with van der Waals surface area (Å²) in [5.41, 5.74) is 0.980. The molecule has 19 heavy (non-hydrogen) atoms. The maximum absolute atomic E-state index is 11.9. The van der Waals surface area contributed by atoms with Gasteiger partial charge in [0.1, 0.15) is 12.2 Å². The third-order valence-electron chi connectivity index (χ3n) is 2.79. The van der Waals surface area contributed by atoms with Crippen LogP contribution in [-0.4, -0.2) is 18.6 Å². The molecule has 1 amide bonds. The quantitative estimate of drug-likeness (QED) is 0.766. The molecule has 0 heterocycles. The van der Waals surface area contributed by atoms with Crippen molar-refractivity contribution in [3.05, 3.63) is 29.8 Å². The molecule has 1 atom stereocenters. The number of benzene rings is 1. The molecule has 0 aromatic heterocycles. The lowest BCUT2D eigenvalue weighted by molar-refractivity contribution is -0.126. The molecule has 1 aromatic rings. The van der Waals surface area contributed by atoms with Crippen molar-refractivity contribution >= 4 is 11.6 Å². The highest BCUT2D eigenvalue weighted by atomic mass is 16.5. The van der Waals surface area contributed by atoms with Crippen LogP contribution in [0.25, 0.3) is 0 Å². The average Bonchev–Trinajstić information content (AvgIpc) is 2.44. The average molecular weight is 260 g/mol. The second-order valence-electron chi connectivity index (χ2n) is 4.37. The van der Waals surface area contributed by atoms with Gasteiger partial charge in [-0.1, -0.05) is 31.9 Å². The van der Waals surface area contributed by atoms with Crippen molar-refractivity contribution in [2.24, 2.45) is 0 Å². The van der Waals surface area contributed by atoms with E-state index >= 15 is 0 Å². The van der Waals surface area contributed by atoms with Crippen LogP contribution in [-0.2, 0) is 9.53 Å². The highest BCUT2D eigenvalue weighted by Gasteiger charge is 2.14. The van der Waals surface area contributed by atoms with Gasteiger partial charge >= 0.3 is 0 Å². The Bertz CT molecular complexity index is 452. The summed E-state index contributed by atoms with van der Waals surface area (Å²) in [7, 11) is 0. The van der Waals surface area contributed by atoms with E-state index in [1.807, 2.05) is 6.07 Å². The van der Waals surface area contributed by atoms with E-state index in [9.17, 15) is 4.79 Å². The maximum atomic E-state index is 11.9. The molecule has 0 aliphatic heterocycles. The first-order valence-corrected chi connectivity index (χ1v) is 6.60. The fourth-order valence-corrected chi connectivity index (χ4v) is 1.61. The van der Waals surface area contributed by atoms with Gasteiger partial charge in [-0.15, -0.1) is 0 Å². The van der Waals surface area contributed by atoms with Crippen molar-refractivity contribution in [2.45, 2.75) is 39.2 Å². The standard InChI is InChI=1S/C15H20N2O2/c1-3-4-7-10-19-12(2)15(18)17-14-9-6-5-8-13(14)11-16/h5-6,8-9,12H,3-4,7,10H2,1-2H3,(H,17,18). The molecule has 0 radical (unpaired) electrons. The topological polar surface area (TPSA) is 62.1 Å². The van der Waals surface area contributed by atoms with Gasteiger partial charge in [-0.05, 0) is 25.5 Å². The number of nitrogens with one attached hydrogen (secondary N) is 1. The summed E-state index contributed by atoms with van der Waals surface area (Å²) in [4.78, 5) is 11.9. The number of hydrogen-bond acceptors (Lipinski definition) is 3. The van der Waals surface area contributed by atoms with Crippen LogP contribution in [0.3, 0.4) is 0 Å². The fourth-order valence-electron chi connectivity index (χ4n) is 1.61. The first kappa shape index (κ1) is 15.2. The first-order chi connectivity index (χ1) is 9.19. The van der Waals surface area contributed by atoms with Gasteiger partial charge in [-0.25, -0.2) is 0 Å². The molecule has 1 unspecified atom stereocenters. The van der Waals surface area contributed by atoms with Crippen LogP contribution in [0.15, 0.2) is 24.3 Å². The van der Waals surface area contributed by atoms with Crippen molar-refractivity contribution in [2.75, 3.05) is 11.9 Å². The van der Waals surface area contributed by atoms with Crippen LogP contribution in [0.5, 0.6) is 0 Å². The number of carbonyl (C=O) groups excluding carboxylic acids is 1. The summed E-state index contributed by atoms with van der Waals surface area (Å²) in [6, 6.07) is 8.97. The predicted octanol–water partition coefficient (Wildman–Crippen LogP) is 3.09. The van der Waals surface area contributed by atoms with E-state index in [1.165, 1.54) is 0 Å². The van der Waals surface area contributed by atoms with E-state index in [0.717, 1.165) is 19.3 Å². The van der Waals surface area contributed by atoms with E-state index in [4.69, 9.17) is 10.00 Å². The van der Waals surface area contributed by atoms with E-state index < -0.39 is 6.10 Å². The van der Waals surface area contributed by atoms with Gasteiger partial charge in [-0.2, -0.15) is 5.26 Å². The lowest BCUT2D eigenvalue weighted by Gasteiger charge is -2.13. The summed E-state index contributed by atoms with van der Waals surface area (Å²) in [6.07, 6.45) is 2.68. The molecule has 1 rings (SSSR count). The number of carbonyl (C=O) groups is 1. The third-order valence-corrected chi connectivity index (χ3v) is 2.79. The van der Waals surface area contributed by atoms with Crippen LogP contribution in [0, 0.1) is 11.3 Å². The van der Waals surface area contributed by atoms with Crippen molar-refractivity contribution in [3.8, 4) is 6.07 Å². The van der Waals surface area contributed by atoms with Crippen LogP contribution >= 0.6 is 0 Å². The molecular formula is C15H20N2O2. The van der Waals surface area contributed by atoms with Crippen LogP contribution < -0.4 is 5.32 Å². The number of ether oxygens (including phenoxy) is 1. The summed E-state index contributed by atoms with van der Waals surface area (Å²) in [5.74, 6) is -0.223. The summed E-state index contributed by atoms with van der Waals surface area (Å²) in [6.45, 7) is 4.42. The molecule has 0 aliphatic rings. The number of amides is 1. The molecule has 0 aliphatic carbocycles. The molecule has 4 nitrogen and oxygen atoms in total. The van der Waals surface area contributed by atoms with Crippen LogP contribution in [0.1, 0.15) is 38.7 Å². The highest BCUT2D eigenvalue weighted by Crippen LogP contribution is 2.14. The van der Waals surface area contributed by atoms with Gasteiger partial charge in [0.2, 0.25) is 0 Å². The molecule has 0 saturated heterocycles. The highest BCUT2D eigenvalue weighted by molar-refractivity contribution is 5.95. The fraction of sp³-hybridized carbons (Fsp3) is 0.467. The normalized spacial score (nSPS) is 11.6. The largest absolute Gasteiger partial charge is 0.369 e. The second kappa shape index (κ2) is 8.28. The zero-order valence-electron chi connectivity index (χ0n) is 11.5. The minimum atomic E-state index is -0.511. The summed E-state index contributed by atoms with van der Waals surface area (Å²) in [5, 5.41) is 11.7. The Balaban J connectivity index is 2.48. The zero-order chi connectivity index (χ0) is 14.1. The van der Waals surface area contributed by atoms with Crippen molar-refractivity contribution in [1.82, 2.24) is 0 Å². The third kappa shape index (κ3) is 5.11. The Morgan fingerprint density at radius 2 is 2.16 bits per heavy atom. The SMILES string of the molecule is CCCCCOC(C)C(=O)Nc1ccccc1C#N. The lowest BCUT2D eigenvalue weighted by Crippen LogP contribution is -2.28. The number of rotatable bonds is 7. The number of nitrogens with zero attached hydrogens (tertiary/aromatic N) is 1. The molecule has 0 fully saturated rings. The number of para-hydroxylation sites is 1. The molecule has 0 spiro atoms. The van der Waals surface area contributed by atoms with Gasteiger partial charge in [0.05, 0.1) is 11.3 Å². The molecule has 0 saturated carbocycles. The van der Waals surface area contributed by atoms with E-state index in [1.54, 1.807) is 31.2 Å². The summed E-state index contributed by atoms with van der Waals surface area (Å²) < 4.78 is 5.46. The second-order valence-corrected chi connectivity index (χ2v) is 4.37. The molecular weight excluding hydrogens is 240 g/mol. The molecule has 4 heteroatoms.